The van der Waals surface area contributed by atoms with E-state index in [0.29, 0.717) is 23.8 Å². The molecule has 0 unspecified atom stereocenters. The van der Waals surface area contributed by atoms with Crippen molar-refractivity contribution in [2.75, 3.05) is 7.11 Å². The second-order valence-electron chi connectivity index (χ2n) is 5.09. The molecule has 0 spiro atoms. The number of methoxy groups -OCH3 is 1. The molecular weight excluding hydrogens is 264 g/mol. The average Bonchev–Trinajstić information content (AvgIpc) is 2.97. The zero-order valence-corrected chi connectivity index (χ0v) is 12.9. The molecule has 2 aromatic rings. The molecule has 0 saturated heterocycles. The zero-order chi connectivity index (χ0) is 15.2. The van der Waals surface area contributed by atoms with E-state index in [2.05, 4.69) is 18.9 Å². The molecule has 21 heavy (non-hydrogen) atoms. The van der Waals surface area contributed by atoms with E-state index in [1.54, 1.807) is 13.2 Å². The van der Waals surface area contributed by atoms with Crippen molar-refractivity contribution in [1.82, 2.24) is 9.78 Å². The van der Waals surface area contributed by atoms with Crippen molar-refractivity contribution < 1.29 is 9.53 Å². The van der Waals surface area contributed by atoms with Gasteiger partial charge in [0.1, 0.15) is 5.75 Å². The number of benzene rings is 1. The SMILES string of the molecule is CCC(CC)n1ccc(CC(=O)c2cccc(OC)c2)n1. The van der Waals surface area contributed by atoms with Gasteiger partial charge >= 0.3 is 0 Å². The maximum Gasteiger partial charge on any atom is 0.169 e. The van der Waals surface area contributed by atoms with Crippen molar-refractivity contribution in [2.45, 2.75) is 39.2 Å². The third-order valence-corrected chi connectivity index (χ3v) is 3.71. The van der Waals surface area contributed by atoms with Crippen molar-refractivity contribution >= 4 is 5.78 Å². The monoisotopic (exact) mass is 286 g/mol. The number of Topliss-reactive ketones (excluding diaryl/α,β-unsaturated/α-hetero) is 1. The van der Waals surface area contributed by atoms with Gasteiger partial charge in [-0.25, -0.2) is 0 Å². The van der Waals surface area contributed by atoms with E-state index in [9.17, 15) is 4.79 Å². The Hall–Kier alpha value is -2.10. The van der Waals surface area contributed by atoms with E-state index in [1.807, 2.05) is 35.1 Å². The minimum atomic E-state index is 0.0590. The van der Waals surface area contributed by atoms with E-state index < -0.39 is 0 Å². The number of nitrogens with zero attached hydrogens (tertiary/aromatic N) is 2. The molecule has 4 nitrogen and oxygen atoms in total. The molecule has 0 radical (unpaired) electrons. The molecule has 1 aromatic carbocycles. The molecule has 0 bridgehead atoms. The summed E-state index contributed by atoms with van der Waals surface area (Å²) in [5.74, 6) is 0.757. The molecule has 0 saturated carbocycles. The van der Waals surface area contributed by atoms with E-state index in [-0.39, 0.29) is 5.78 Å². The van der Waals surface area contributed by atoms with Gasteiger partial charge in [0.15, 0.2) is 5.78 Å². The fourth-order valence-electron chi connectivity index (χ4n) is 2.40. The van der Waals surface area contributed by atoms with Gasteiger partial charge in [-0.1, -0.05) is 26.0 Å². The highest BCUT2D eigenvalue weighted by molar-refractivity contribution is 5.97. The summed E-state index contributed by atoms with van der Waals surface area (Å²) in [4.78, 5) is 12.3. The number of ether oxygens (including phenoxy) is 1. The number of hydrogen-bond donors (Lipinski definition) is 0. The van der Waals surface area contributed by atoms with Gasteiger partial charge in [-0.3, -0.25) is 9.48 Å². The van der Waals surface area contributed by atoms with E-state index in [0.717, 1.165) is 18.5 Å². The minimum Gasteiger partial charge on any atom is -0.497 e. The van der Waals surface area contributed by atoms with Crippen LogP contribution in [0.3, 0.4) is 0 Å². The second kappa shape index (κ2) is 7.07. The van der Waals surface area contributed by atoms with Crippen LogP contribution in [0.2, 0.25) is 0 Å². The smallest absolute Gasteiger partial charge is 0.169 e. The molecule has 1 aromatic heterocycles. The first-order valence-electron chi connectivity index (χ1n) is 7.39. The first-order valence-corrected chi connectivity index (χ1v) is 7.39. The number of aromatic nitrogens is 2. The fraction of sp³-hybridized carbons (Fsp3) is 0.412. The number of carbonyl (C=O) groups excluding carboxylic acids is 1. The lowest BCUT2D eigenvalue weighted by Gasteiger charge is -2.12. The lowest BCUT2D eigenvalue weighted by molar-refractivity contribution is 0.0991. The molecule has 0 aliphatic rings. The molecule has 0 aliphatic heterocycles. The second-order valence-corrected chi connectivity index (χ2v) is 5.09. The molecule has 0 amide bonds. The van der Waals surface area contributed by atoms with Gasteiger partial charge in [-0.2, -0.15) is 5.10 Å². The Labute approximate surface area is 125 Å². The molecule has 4 heteroatoms. The molecule has 0 fully saturated rings. The van der Waals surface area contributed by atoms with Crippen LogP contribution in [-0.2, 0) is 6.42 Å². The highest BCUT2D eigenvalue weighted by atomic mass is 16.5. The summed E-state index contributed by atoms with van der Waals surface area (Å²) in [7, 11) is 1.60. The van der Waals surface area contributed by atoms with Gasteiger partial charge < -0.3 is 4.74 Å². The maximum absolute atomic E-state index is 12.3. The average molecular weight is 286 g/mol. The standard InChI is InChI=1S/C17H22N2O2/c1-4-15(5-2)19-10-9-14(18-19)12-17(20)13-7-6-8-16(11-13)21-3/h6-11,15H,4-5,12H2,1-3H3. The Morgan fingerprint density at radius 3 is 2.71 bits per heavy atom. The molecule has 0 aliphatic carbocycles. The van der Waals surface area contributed by atoms with E-state index in [1.165, 1.54) is 0 Å². The van der Waals surface area contributed by atoms with Crippen LogP contribution in [0, 0.1) is 0 Å². The van der Waals surface area contributed by atoms with Crippen LogP contribution in [0.1, 0.15) is 48.8 Å². The van der Waals surface area contributed by atoms with Crippen LogP contribution in [0.25, 0.3) is 0 Å². The maximum atomic E-state index is 12.3. The topological polar surface area (TPSA) is 44.1 Å². The van der Waals surface area contributed by atoms with Gasteiger partial charge in [0, 0.05) is 11.8 Å². The minimum absolute atomic E-state index is 0.0590. The Kier molecular flexibility index (Phi) is 5.14. The largest absolute Gasteiger partial charge is 0.497 e. The van der Waals surface area contributed by atoms with Gasteiger partial charge in [-0.15, -0.1) is 0 Å². The first kappa shape index (κ1) is 15.3. The summed E-state index contributed by atoms with van der Waals surface area (Å²) in [6.07, 6.45) is 4.37. The number of ketones is 1. The molecule has 112 valence electrons. The summed E-state index contributed by atoms with van der Waals surface area (Å²) in [6.45, 7) is 4.30. The zero-order valence-electron chi connectivity index (χ0n) is 12.9. The van der Waals surface area contributed by atoms with Crippen molar-refractivity contribution in [3.8, 4) is 5.75 Å². The molecule has 2 rings (SSSR count). The molecule has 0 atom stereocenters. The Morgan fingerprint density at radius 2 is 2.05 bits per heavy atom. The Morgan fingerprint density at radius 1 is 1.29 bits per heavy atom. The molecule has 0 N–H and O–H groups in total. The number of hydrogen-bond acceptors (Lipinski definition) is 3. The van der Waals surface area contributed by atoms with Gasteiger partial charge in [0.2, 0.25) is 0 Å². The first-order chi connectivity index (χ1) is 10.2. The van der Waals surface area contributed by atoms with Crippen molar-refractivity contribution in [1.29, 1.82) is 0 Å². The Balaban J connectivity index is 2.09. The summed E-state index contributed by atoms with van der Waals surface area (Å²) in [6, 6.07) is 9.57. The van der Waals surface area contributed by atoms with Gasteiger partial charge in [0.05, 0.1) is 25.3 Å². The van der Waals surface area contributed by atoms with Crippen LogP contribution in [0.4, 0.5) is 0 Å². The molecule has 1 heterocycles. The normalized spacial score (nSPS) is 10.9. The lowest BCUT2D eigenvalue weighted by atomic mass is 10.1. The van der Waals surface area contributed by atoms with Crippen LogP contribution >= 0.6 is 0 Å². The number of rotatable bonds is 7. The number of carbonyl (C=O) groups is 1. The molecular formula is C17H22N2O2. The summed E-state index contributed by atoms with van der Waals surface area (Å²) in [5.41, 5.74) is 1.47. The van der Waals surface area contributed by atoms with Crippen LogP contribution in [0.5, 0.6) is 5.75 Å². The van der Waals surface area contributed by atoms with Crippen LogP contribution in [0.15, 0.2) is 36.5 Å². The third-order valence-electron chi connectivity index (χ3n) is 3.71. The van der Waals surface area contributed by atoms with E-state index in [4.69, 9.17) is 4.74 Å². The Bertz CT molecular complexity index is 600. The highest BCUT2D eigenvalue weighted by Crippen LogP contribution is 2.17. The highest BCUT2D eigenvalue weighted by Gasteiger charge is 2.12. The summed E-state index contributed by atoms with van der Waals surface area (Å²) >= 11 is 0. The summed E-state index contributed by atoms with van der Waals surface area (Å²) in [5, 5.41) is 4.52. The third kappa shape index (κ3) is 3.72. The van der Waals surface area contributed by atoms with Crippen LogP contribution in [-0.4, -0.2) is 22.7 Å². The van der Waals surface area contributed by atoms with Gasteiger partial charge in [0.25, 0.3) is 0 Å². The predicted molar refractivity (Wildman–Crippen MR) is 82.9 cm³/mol. The van der Waals surface area contributed by atoms with Crippen molar-refractivity contribution in [3.63, 3.8) is 0 Å². The summed E-state index contributed by atoms with van der Waals surface area (Å²) < 4.78 is 7.11. The predicted octanol–water partition coefficient (Wildman–Crippen LogP) is 3.68. The van der Waals surface area contributed by atoms with E-state index >= 15 is 0 Å². The quantitative estimate of drug-likeness (QED) is 0.729. The van der Waals surface area contributed by atoms with Crippen molar-refractivity contribution in [3.05, 3.63) is 47.8 Å². The lowest BCUT2D eigenvalue weighted by Crippen LogP contribution is -2.09. The fourth-order valence-corrected chi connectivity index (χ4v) is 2.40. The van der Waals surface area contributed by atoms with Crippen LogP contribution < -0.4 is 4.74 Å². The van der Waals surface area contributed by atoms with Crippen molar-refractivity contribution in [2.24, 2.45) is 0 Å². The van der Waals surface area contributed by atoms with Gasteiger partial charge in [-0.05, 0) is 31.0 Å².